The Labute approximate surface area is 99.7 Å². The van der Waals surface area contributed by atoms with Crippen LogP contribution in [-0.2, 0) is 0 Å². The highest BCUT2D eigenvalue weighted by atomic mass is 33.1. The summed E-state index contributed by atoms with van der Waals surface area (Å²) in [5.41, 5.74) is 11.1. The van der Waals surface area contributed by atoms with Gasteiger partial charge < -0.3 is 11.5 Å². The maximum atomic E-state index is 5.53. The summed E-state index contributed by atoms with van der Waals surface area (Å²) in [5, 5.41) is 1.13. The van der Waals surface area contributed by atoms with E-state index in [0.717, 1.165) is 0 Å². The standard InChI is InChI=1S/C8H8N6S2/c9-5-1-3-11-7(13-5)15-16-8-12-4-2-6(10)14-8/h1-4H,(H2,9,11,13)(H2,10,12,14). The smallest absolute Gasteiger partial charge is 0.200 e. The highest BCUT2D eigenvalue weighted by Gasteiger charge is 2.03. The molecular formula is C8H8N6S2. The average molecular weight is 252 g/mol. The molecule has 0 aliphatic carbocycles. The Bertz CT molecular complexity index is 446. The minimum absolute atomic E-state index is 0.437. The van der Waals surface area contributed by atoms with Gasteiger partial charge in [-0.1, -0.05) is 0 Å². The van der Waals surface area contributed by atoms with Crippen LogP contribution in [0.3, 0.4) is 0 Å². The van der Waals surface area contributed by atoms with E-state index in [4.69, 9.17) is 11.5 Å². The summed E-state index contributed by atoms with van der Waals surface area (Å²) < 4.78 is 0. The largest absolute Gasteiger partial charge is 0.384 e. The first-order chi connectivity index (χ1) is 7.74. The molecule has 0 saturated heterocycles. The summed E-state index contributed by atoms with van der Waals surface area (Å²) in [4.78, 5) is 16.1. The van der Waals surface area contributed by atoms with Gasteiger partial charge in [0.05, 0.1) is 0 Å². The lowest BCUT2D eigenvalue weighted by Crippen LogP contribution is -1.93. The van der Waals surface area contributed by atoms with Crippen molar-refractivity contribution in [3.63, 3.8) is 0 Å². The van der Waals surface area contributed by atoms with Gasteiger partial charge in [0.2, 0.25) is 10.3 Å². The van der Waals surface area contributed by atoms with Crippen molar-refractivity contribution in [2.75, 3.05) is 11.5 Å². The number of anilines is 2. The molecule has 8 heteroatoms. The molecule has 2 aromatic heterocycles. The van der Waals surface area contributed by atoms with Gasteiger partial charge in [-0.2, -0.15) is 0 Å². The molecule has 6 nitrogen and oxygen atoms in total. The molecule has 4 N–H and O–H groups in total. The Balaban J connectivity index is 2.02. The van der Waals surface area contributed by atoms with Crippen LogP contribution < -0.4 is 11.5 Å². The molecule has 16 heavy (non-hydrogen) atoms. The molecule has 82 valence electrons. The van der Waals surface area contributed by atoms with Gasteiger partial charge in [0.15, 0.2) is 0 Å². The van der Waals surface area contributed by atoms with Gasteiger partial charge in [-0.15, -0.1) is 0 Å². The SMILES string of the molecule is Nc1ccnc(SSc2nccc(N)n2)n1. The molecule has 0 aliphatic rings. The van der Waals surface area contributed by atoms with E-state index in [9.17, 15) is 0 Å². The van der Waals surface area contributed by atoms with Crippen molar-refractivity contribution in [2.24, 2.45) is 0 Å². The second-order valence-electron chi connectivity index (χ2n) is 2.69. The van der Waals surface area contributed by atoms with Crippen molar-refractivity contribution in [3.8, 4) is 0 Å². The lowest BCUT2D eigenvalue weighted by molar-refractivity contribution is 0.975. The van der Waals surface area contributed by atoms with Gasteiger partial charge in [0.1, 0.15) is 11.6 Å². The van der Waals surface area contributed by atoms with Crippen LogP contribution in [-0.4, -0.2) is 19.9 Å². The third-order valence-corrected chi connectivity index (χ3v) is 3.42. The number of nitrogen functional groups attached to an aromatic ring is 2. The summed E-state index contributed by atoms with van der Waals surface area (Å²) in [7, 11) is 2.66. The molecule has 2 heterocycles. The summed E-state index contributed by atoms with van der Waals surface area (Å²) in [6.45, 7) is 0. The van der Waals surface area contributed by atoms with E-state index in [1.807, 2.05) is 0 Å². The van der Waals surface area contributed by atoms with Crippen molar-refractivity contribution in [1.82, 2.24) is 19.9 Å². The summed E-state index contributed by atoms with van der Waals surface area (Å²) in [6, 6.07) is 3.26. The first kappa shape index (κ1) is 11.0. The Hall–Kier alpha value is -1.54. The number of nitrogens with two attached hydrogens (primary N) is 2. The Kier molecular flexibility index (Phi) is 3.42. The molecule has 0 unspecified atom stereocenters. The second-order valence-corrected chi connectivity index (χ2v) is 4.76. The zero-order valence-corrected chi connectivity index (χ0v) is 9.70. The maximum absolute atomic E-state index is 5.53. The van der Waals surface area contributed by atoms with Crippen molar-refractivity contribution in [2.45, 2.75) is 10.3 Å². The summed E-state index contributed by atoms with van der Waals surface area (Å²) in [6.07, 6.45) is 3.21. The highest BCUT2D eigenvalue weighted by molar-refractivity contribution is 8.76. The third-order valence-electron chi connectivity index (χ3n) is 1.50. The van der Waals surface area contributed by atoms with Crippen LogP contribution in [0, 0.1) is 0 Å². The first-order valence-electron chi connectivity index (χ1n) is 4.25. The van der Waals surface area contributed by atoms with Crippen molar-refractivity contribution in [3.05, 3.63) is 24.5 Å². The molecule has 2 aromatic rings. The number of aromatic nitrogens is 4. The minimum Gasteiger partial charge on any atom is -0.384 e. The number of rotatable bonds is 3. The summed E-state index contributed by atoms with van der Waals surface area (Å²) in [5.74, 6) is 0.873. The zero-order valence-electron chi connectivity index (χ0n) is 8.07. The second kappa shape index (κ2) is 4.99. The van der Waals surface area contributed by atoms with Gasteiger partial charge in [0, 0.05) is 12.4 Å². The van der Waals surface area contributed by atoms with Crippen LogP contribution in [0.25, 0.3) is 0 Å². The molecule has 0 aliphatic heterocycles. The number of hydrogen-bond acceptors (Lipinski definition) is 8. The quantitative estimate of drug-likeness (QED) is 0.621. The van der Waals surface area contributed by atoms with Crippen LogP contribution in [0.2, 0.25) is 0 Å². The van der Waals surface area contributed by atoms with Gasteiger partial charge in [0.25, 0.3) is 0 Å². The molecule has 0 aromatic carbocycles. The monoisotopic (exact) mass is 252 g/mol. The fourth-order valence-electron chi connectivity index (χ4n) is 0.863. The molecule has 2 rings (SSSR count). The number of hydrogen-bond donors (Lipinski definition) is 2. The molecule has 0 amide bonds. The Morgan fingerprint density at radius 1 is 0.812 bits per heavy atom. The van der Waals surface area contributed by atoms with Crippen LogP contribution in [0.1, 0.15) is 0 Å². The normalized spacial score (nSPS) is 10.2. The van der Waals surface area contributed by atoms with E-state index in [2.05, 4.69) is 19.9 Å². The van der Waals surface area contributed by atoms with E-state index >= 15 is 0 Å². The maximum Gasteiger partial charge on any atom is 0.200 e. The van der Waals surface area contributed by atoms with Crippen LogP contribution in [0.15, 0.2) is 34.8 Å². The zero-order chi connectivity index (χ0) is 11.4. The average Bonchev–Trinajstić information content (AvgIpc) is 2.27. The molecule has 0 bridgehead atoms. The molecular weight excluding hydrogens is 244 g/mol. The van der Waals surface area contributed by atoms with E-state index in [0.29, 0.717) is 21.9 Å². The van der Waals surface area contributed by atoms with Crippen molar-refractivity contribution >= 4 is 33.2 Å². The minimum atomic E-state index is 0.437. The van der Waals surface area contributed by atoms with E-state index < -0.39 is 0 Å². The fraction of sp³-hybridized carbons (Fsp3) is 0. The molecule has 0 radical (unpaired) electrons. The Morgan fingerprint density at radius 3 is 1.62 bits per heavy atom. The van der Waals surface area contributed by atoms with Crippen LogP contribution in [0.5, 0.6) is 0 Å². The van der Waals surface area contributed by atoms with Gasteiger partial charge in [-0.25, -0.2) is 19.9 Å². The molecule has 0 fully saturated rings. The number of nitrogens with zero attached hydrogens (tertiary/aromatic N) is 4. The van der Waals surface area contributed by atoms with Crippen LogP contribution >= 0.6 is 21.6 Å². The van der Waals surface area contributed by atoms with Gasteiger partial charge in [-0.3, -0.25) is 0 Å². The predicted molar refractivity (Wildman–Crippen MR) is 64.6 cm³/mol. The van der Waals surface area contributed by atoms with Gasteiger partial charge >= 0.3 is 0 Å². The summed E-state index contributed by atoms with van der Waals surface area (Å²) >= 11 is 0. The molecule has 0 saturated carbocycles. The lowest BCUT2D eigenvalue weighted by Gasteiger charge is -1.99. The fourth-order valence-corrected chi connectivity index (χ4v) is 2.43. The lowest BCUT2D eigenvalue weighted by atomic mass is 10.6. The molecule has 0 spiro atoms. The van der Waals surface area contributed by atoms with E-state index in [1.165, 1.54) is 21.6 Å². The Morgan fingerprint density at radius 2 is 1.25 bits per heavy atom. The van der Waals surface area contributed by atoms with Crippen LogP contribution in [0.4, 0.5) is 11.6 Å². The van der Waals surface area contributed by atoms with E-state index in [-0.39, 0.29) is 0 Å². The van der Waals surface area contributed by atoms with E-state index in [1.54, 1.807) is 24.5 Å². The topological polar surface area (TPSA) is 104 Å². The van der Waals surface area contributed by atoms with Crippen molar-refractivity contribution in [1.29, 1.82) is 0 Å². The van der Waals surface area contributed by atoms with Crippen molar-refractivity contribution < 1.29 is 0 Å². The highest BCUT2D eigenvalue weighted by Crippen LogP contribution is 2.33. The predicted octanol–water partition coefficient (Wildman–Crippen LogP) is 1.23. The third kappa shape index (κ3) is 2.97. The van der Waals surface area contributed by atoms with Gasteiger partial charge in [-0.05, 0) is 33.7 Å². The first-order valence-corrected chi connectivity index (χ1v) is 6.40. The molecule has 0 atom stereocenters.